The van der Waals surface area contributed by atoms with Crippen LogP contribution in [0.2, 0.25) is 0 Å². The molecule has 0 saturated carbocycles. The molecular formula is C14H24N4. The number of piperidine rings is 1. The molecule has 4 heteroatoms. The van der Waals surface area contributed by atoms with Gasteiger partial charge in [0.05, 0.1) is 0 Å². The molecule has 0 radical (unpaired) electrons. The Bertz CT molecular complexity index is 378. The average molecular weight is 248 g/mol. The normalized spacial score (nSPS) is 22.4. The number of aryl methyl sites for hydroxylation is 2. The molecular weight excluding hydrogens is 224 g/mol. The smallest absolute Gasteiger partial charge is 0.154 e. The van der Waals surface area contributed by atoms with Gasteiger partial charge in [0.15, 0.2) is 5.82 Å². The van der Waals surface area contributed by atoms with Crippen LogP contribution < -0.4 is 0 Å². The molecule has 4 nitrogen and oxygen atoms in total. The van der Waals surface area contributed by atoms with Crippen molar-refractivity contribution in [3.05, 3.63) is 11.6 Å². The van der Waals surface area contributed by atoms with E-state index in [2.05, 4.69) is 23.4 Å². The first-order valence-corrected chi connectivity index (χ1v) is 7.41. The third-order valence-electron chi connectivity index (χ3n) is 4.41. The molecule has 2 aliphatic heterocycles. The van der Waals surface area contributed by atoms with Gasteiger partial charge in [-0.1, -0.05) is 0 Å². The van der Waals surface area contributed by atoms with Gasteiger partial charge in [0, 0.05) is 24.9 Å². The van der Waals surface area contributed by atoms with Gasteiger partial charge < -0.3 is 4.90 Å². The van der Waals surface area contributed by atoms with Crippen LogP contribution in [0.4, 0.5) is 0 Å². The quantitative estimate of drug-likeness (QED) is 0.804. The van der Waals surface area contributed by atoms with Gasteiger partial charge in [-0.25, -0.2) is 9.67 Å². The van der Waals surface area contributed by atoms with Crippen LogP contribution in [0.25, 0.3) is 0 Å². The largest absolute Gasteiger partial charge is 0.301 e. The van der Waals surface area contributed by atoms with Crippen molar-refractivity contribution in [1.82, 2.24) is 19.7 Å². The second-order valence-corrected chi connectivity index (χ2v) is 5.97. The third-order valence-corrected chi connectivity index (χ3v) is 4.41. The zero-order valence-corrected chi connectivity index (χ0v) is 11.6. The summed E-state index contributed by atoms with van der Waals surface area (Å²) in [6.07, 6.45) is 6.12. The van der Waals surface area contributed by atoms with Crippen LogP contribution in [0.1, 0.15) is 57.1 Å². The summed E-state index contributed by atoms with van der Waals surface area (Å²) in [7, 11) is 0. The highest BCUT2D eigenvalue weighted by Crippen LogP contribution is 2.27. The van der Waals surface area contributed by atoms with Gasteiger partial charge in [-0.2, -0.15) is 5.10 Å². The maximum absolute atomic E-state index is 4.78. The van der Waals surface area contributed by atoms with Gasteiger partial charge in [-0.15, -0.1) is 0 Å². The number of hydrogen-bond donors (Lipinski definition) is 0. The number of hydrogen-bond acceptors (Lipinski definition) is 3. The van der Waals surface area contributed by atoms with Gasteiger partial charge in [-0.3, -0.25) is 0 Å². The molecule has 1 fully saturated rings. The van der Waals surface area contributed by atoms with Crippen LogP contribution in [0.15, 0.2) is 0 Å². The van der Waals surface area contributed by atoms with Crippen molar-refractivity contribution in [3.8, 4) is 0 Å². The van der Waals surface area contributed by atoms with E-state index in [1.807, 2.05) is 0 Å². The monoisotopic (exact) mass is 248 g/mol. The van der Waals surface area contributed by atoms with E-state index in [0.717, 1.165) is 18.8 Å². The fraction of sp³-hybridized carbons (Fsp3) is 0.857. The Morgan fingerprint density at radius 1 is 1.11 bits per heavy atom. The van der Waals surface area contributed by atoms with Crippen molar-refractivity contribution in [1.29, 1.82) is 0 Å². The summed E-state index contributed by atoms with van der Waals surface area (Å²) in [4.78, 5) is 7.34. The summed E-state index contributed by atoms with van der Waals surface area (Å²) < 4.78 is 2.15. The summed E-state index contributed by atoms with van der Waals surface area (Å²) in [5.74, 6) is 2.94. The molecule has 3 heterocycles. The molecule has 0 amide bonds. The van der Waals surface area contributed by atoms with Crippen molar-refractivity contribution in [3.63, 3.8) is 0 Å². The molecule has 1 aromatic heterocycles. The molecule has 1 saturated heterocycles. The lowest BCUT2D eigenvalue weighted by atomic mass is 9.95. The van der Waals surface area contributed by atoms with E-state index in [9.17, 15) is 0 Å². The molecule has 0 N–H and O–H groups in total. The van der Waals surface area contributed by atoms with Crippen LogP contribution in [-0.4, -0.2) is 38.8 Å². The van der Waals surface area contributed by atoms with Crippen molar-refractivity contribution < 1.29 is 0 Å². The highest BCUT2D eigenvalue weighted by Gasteiger charge is 2.26. The minimum Gasteiger partial charge on any atom is -0.301 e. The molecule has 0 aliphatic carbocycles. The van der Waals surface area contributed by atoms with E-state index in [1.54, 1.807) is 0 Å². The lowest BCUT2D eigenvalue weighted by molar-refractivity contribution is 0.169. The molecule has 0 unspecified atom stereocenters. The van der Waals surface area contributed by atoms with E-state index in [0.29, 0.717) is 12.0 Å². The fourth-order valence-electron chi connectivity index (χ4n) is 3.15. The minimum atomic E-state index is 0.595. The first kappa shape index (κ1) is 12.2. The van der Waals surface area contributed by atoms with Crippen LogP contribution in [0.3, 0.4) is 0 Å². The third kappa shape index (κ3) is 2.30. The van der Waals surface area contributed by atoms with Crippen LogP contribution in [0, 0.1) is 0 Å². The number of likely N-dealkylation sites (tertiary alicyclic amines) is 1. The molecule has 0 atom stereocenters. The summed E-state index contributed by atoms with van der Waals surface area (Å²) in [6, 6.07) is 0.675. The highest BCUT2D eigenvalue weighted by molar-refractivity contribution is 5.03. The Hall–Kier alpha value is -0.900. The van der Waals surface area contributed by atoms with Gasteiger partial charge in [0.25, 0.3) is 0 Å². The number of rotatable bonds is 2. The lowest BCUT2D eigenvalue weighted by Crippen LogP contribution is -2.38. The van der Waals surface area contributed by atoms with E-state index in [-0.39, 0.29) is 0 Å². The van der Waals surface area contributed by atoms with E-state index in [1.165, 1.54) is 44.6 Å². The van der Waals surface area contributed by atoms with Gasteiger partial charge in [0.2, 0.25) is 0 Å². The first-order chi connectivity index (χ1) is 8.74. The average Bonchev–Trinajstić information content (AvgIpc) is 2.82. The number of nitrogens with zero attached hydrogens (tertiary/aromatic N) is 4. The Balaban J connectivity index is 1.67. The van der Waals surface area contributed by atoms with Gasteiger partial charge in [-0.05, 0) is 52.6 Å². The Morgan fingerprint density at radius 2 is 1.89 bits per heavy atom. The predicted molar refractivity (Wildman–Crippen MR) is 71.6 cm³/mol. The second-order valence-electron chi connectivity index (χ2n) is 5.97. The molecule has 18 heavy (non-hydrogen) atoms. The zero-order valence-electron chi connectivity index (χ0n) is 11.6. The maximum atomic E-state index is 4.78. The molecule has 0 aromatic carbocycles. The Morgan fingerprint density at radius 3 is 2.56 bits per heavy atom. The zero-order chi connectivity index (χ0) is 12.5. The molecule has 0 spiro atoms. The molecule has 0 bridgehead atoms. The molecule has 1 aromatic rings. The van der Waals surface area contributed by atoms with E-state index < -0.39 is 0 Å². The predicted octanol–water partition coefficient (Wildman–Crippen LogP) is 2.20. The Kier molecular flexibility index (Phi) is 3.37. The Labute approximate surface area is 109 Å². The standard InChI is InChI=1S/C14H24N4/c1-11(2)17-9-6-12(7-10-17)14-15-13-5-3-4-8-18(13)16-14/h11-12H,3-10H2,1-2H3. The number of fused-ring (bicyclic) bond motifs is 1. The number of aromatic nitrogens is 3. The van der Waals surface area contributed by atoms with E-state index in [4.69, 9.17) is 10.1 Å². The molecule has 100 valence electrons. The van der Waals surface area contributed by atoms with Crippen molar-refractivity contribution in [2.24, 2.45) is 0 Å². The SMILES string of the molecule is CC(C)N1CCC(c2nc3n(n2)CCCC3)CC1. The molecule has 2 aliphatic rings. The maximum Gasteiger partial charge on any atom is 0.154 e. The summed E-state index contributed by atoms with van der Waals surface area (Å²) in [5.41, 5.74) is 0. The second kappa shape index (κ2) is 5.00. The van der Waals surface area contributed by atoms with Crippen molar-refractivity contribution in [2.75, 3.05) is 13.1 Å². The van der Waals surface area contributed by atoms with Gasteiger partial charge in [0.1, 0.15) is 5.82 Å². The van der Waals surface area contributed by atoms with Crippen molar-refractivity contribution >= 4 is 0 Å². The summed E-state index contributed by atoms with van der Waals surface area (Å²) in [6.45, 7) is 8.05. The van der Waals surface area contributed by atoms with Gasteiger partial charge >= 0.3 is 0 Å². The first-order valence-electron chi connectivity index (χ1n) is 7.41. The lowest BCUT2D eigenvalue weighted by Gasteiger charge is -2.33. The molecule has 3 rings (SSSR count). The summed E-state index contributed by atoms with van der Waals surface area (Å²) in [5, 5.41) is 4.73. The van der Waals surface area contributed by atoms with Crippen molar-refractivity contribution in [2.45, 2.75) is 64.5 Å². The fourth-order valence-corrected chi connectivity index (χ4v) is 3.15. The van der Waals surface area contributed by atoms with E-state index >= 15 is 0 Å². The topological polar surface area (TPSA) is 34.0 Å². The van der Waals surface area contributed by atoms with Crippen LogP contribution in [0.5, 0.6) is 0 Å². The summed E-state index contributed by atoms with van der Waals surface area (Å²) >= 11 is 0. The van der Waals surface area contributed by atoms with Crippen LogP contribution in [-0.2, 0) is 13.0 Å². The van der Waals surface area contributed by atoms with Crippen LogP contribution >= 0.6 is 0 Å². The minimum absolute atomic E-state index is 0.595. The highest BCUT2D eigenvalue weighted by atomic mass is 15.4.